The number of hydrogen-bond donors (Lipinski definition) is 0. The van der Waals surface area contributed by atoms with Gasteiger partial charge in [0.25, 0.3) is 4.52 Å². The van der Waals surface area contributed by atoms with E-state index >= 15 is 0 Å². The normalized spacial score (nSPS) is 10.7. The van der Waals surface area contributed by atoms with Crippen molar-refractivity contribution < 1.29 is 4.84 Å². The maximum atomic E-state index is 5.20. The summed E-state index contributed by atoms with van der Waals surface area (Å²) in [5.41, 5.74) is 0. The zero-order valence-electron chi connectivity index (χ0n) is 3.69. The van der Waals surface area contributed by atoms with Crippen molar-refractivity contribution in [3.63, 3.8) is 0 Å². The Labute approximate surface area is 52.0 Å². The minimum atomic E-state index is -1.30. The molecule has 41 valence electrons. The lowest BCUT2D eigenvalue weighted by molar-refractivity contribution is 0.101. The van der Waals surface area contributed by atoms with E-state index in [4.69, 9.17) is 23.2 Å². The van der Waals surface area contributed by atoms with E-state index in [2.05, 4.69) is 16.7 Å². The molecule has 0 atom stereocenters. The smallest absolute Gasteiger partial charge is 0.281 e. The third kappa shape index (κ3) is 6.05. The van der Waals surface area contributed by atoms with Gasteiger partial charge in [0.05, 0.1) is 6.72 Å². The molecule has 7 heavy (non-hydrogen) atoms. The summed E-state index contributed by atoms with van der Waals surface area (Å²) in [6.45, 7) is 5.96. The fourth-order valence-electron chi connectivity index (χ4n) is 0.0925. The first-order valence-electron chi connectivity index (χ1n) is 1.52. The molecule has 0 bridgehead atoms. The highest BCUT2D eigenvalue weighted by Crippen LogP contribution is 2.20. The summed E-state index contributed by atoms with van der Waals surface area (Å²) in [5.74, 6) is 0. The molecule has 0 fully saturated rings. The van der Waals surface area contributed by atoms with Gasteiger partial charge in [-0.15, -0.1) is 0 Å². The number of halogens is 2. The Morgan fingerprint density at radius 3 is 2.14 bits per heavy atom. The summed E-state index contributed by atoms with van der Waals surface area (Å²) >= 11 is 10.4. The highest BCUT2D eigenvalue weighted by atomic mass is 35.5. The van der Waals surface area contributed by atoms with Crippen LogP contribution in [0.1, 0.15) is 6.92 Å². The van der Waals surface area contributed by atoms with E-state index in [1.165, 1.54) is 6.92 Å². The van der Waals surface area contributed by atoms with Gasteiger partial charge < -0.3 is 4.84 Å². The Morgan fingerprint density at radius 1 is 1.71 bits per heavy atom. The van der Waals surface area contributed by atoms with Crippen LogP contribution >= 0.6 is 23.2 Å². The van der Waals surface area contributed by atoms with Gasteiger partial charge in [0.15, 0.2) is 0 Å². The van der Waals surface area contributed by atoms with Gasteiger partial charge in [0.2, 0.25) is 0 Å². The Balaban J connectivity index is 3.34. The van der Waals surface area contributed by atoms with Crippen molar-refractivity contribution in [2.45, 2.75) is 11.4 Å². The van der Waals surface area contributed by atoms with Crippen LogP contribution in [0.2, 0.25) is 0 Å². The van der Waals surface area contributed by atoms with Crippen molar-refractivity contribution in [2.24, 2.45) is 5.16 Å². The predicted octanol–water partition coefficient (Wildman–Crippen LogP) is 1.65. The molecule has 0 rings (SSSR count). The summed E-state index contributed by atoms with van der Waals surface area (Å²) in [4.78, 5) is 4.16. The van der Waals surface area contributed by atoms with Crippen LogP contribution in [0.5, 0.6) is 0 Å². The standard InChI is InChI=1S/C3H4Cl2NO/c1-3(4,5)7-6-2/h2H,1H3. The van der Waals surface area contributed by atoms with Crippen molar-refractivity contribution in [2.75, 3.05) is 0 Å². The lowest BCUT2D eigenvalue weighted by atomic mass is 10.9. The van der Waals surface area contributed by atoms with E-state index in [1.807, 2.05) is 0 Å². The molecule has 0 aromatic heterocycles. The molecule has 0 unspecified atom stereocenters. The summed E-state index contributed by atoms with van der Waals surface area (Å²) in [7, 11) is 0. The van der Waals surface area contributed by atoms with E-state index in [0.717, 1.165) is 0 Å². The van der Waals surface area contributed by atoms with Gasteiger partial charge in [0, 0.05) is 6.92 Å². The fraction of sp³-hybridized carbons (Fsp3) is 0.667. The summed E-state index contributed by atoms with van der Waals surface area (Å²) in [6.07, 6.45) is 0. The molecule has 1 radical (unpaired) electrons. The number of rotatable bonds is 2. The van der Waals surface area contributed by atoms with Gasteiger partial charge >= 0.3 is 0 Å². The molecule has 0 N–H and O–H groups in total. The zero-order valence-corrected chi connectivity index (χ0v) is 5.20. The molecule has 0 saturated heterocycles. The van der Waals surface area contributed by atoms with Crippen molar-refractivity contribution in [1.29, 1.82) is 0 Å². The van der Waals surface area contributed by atoms with Crippen molar-refractivity contribution in [3.05, 3.63) is 0 Å². The van der Waals surface area contributed by atoms with E-state index in [-0.39, 0.29) is 0 Å². The monoisotopic (exact) mass is 140 g/mol. The Kier molecular flexibility index (Phi) is 2.40. The van der Waals surface area contributed by atoms with Crippen LogP contribution in [-0.2, 0) is 4.84 Å². The van der Waals surface area contributed by atoms with E-state index in [1.54, 1.807) is 0 Å². The van der Waals surface area contributed by atoms with Gasteiger partial charge in [-0.3, -0.25) is 0 Å². The molecule has 0 aliphatic heterocycles. The predicted molar refractivity (Wildman–Crippen MR) is 29.7 cm³/mol. The summed E-state index contributed by atoms with van der Waals surface area (Å²) < 4.78 is -1.30. The first-order chi connectivity index (χ1) is 3.06. The molecular formula is C3H4Cl2NO. The Bertz CT molecular complexity index is 67.8. The third-order valence-corrected chi connectivity index (χ3v) is 0.351. The highest BCUT2D eigenvalue weighted by Gasteiger charge is 2.15. The summed E-state index contributed by atoms with van der Waals surface area (Å²) in [5, 5.41) is 2.74. The van der Waals surface area contributed by atoms with E-state index < -0.39 is 4.52 Å². The van der Waals surface area contributed by atoms with Gasteiger partial charge in [-0.2, -0.15) is 0 Å². The Hall–Kier alpha value is 0.0500. The molecule has 0 heterocycles. The van der Waals surface area contributed by atoms with Gasteiger partial charge in [-0.25, -0.2) is 0 Å². The maximum absolute atomic E-state index is 5.20. The van der Waals surface area contributed by atoms with Gasteiger partial charge in [-0.1, -0.05) is 28.4 Å². The van der Waals surface area contributed by atoms with Crippen molar-refractivity contribution in [3.8, 4) is 0 Å². The number of alkyl halides is 2. The van der Waals surface area contributed by atoms with Crippen LogP contribution in [0.25, 0.3) is 0 Å². The molecule has 0 saturated carbocycles. The average molecular weight is 141 g/mol. The van der Waals surface area contributed by atoms with Crippen LogP contribution < -0.4 is 0 Å². The lowest BCUT2D eigenvalue weighted by Crippen LogP contribution is -2.06. The minimum absolute atomic E-state index is 1.30. The van der Waals surface area contributed by atoms with Crippen LogP contribution in [0.4, 0.5) is 0 Å². The lowest BCUT2D eigenvalue weighted by Gasteiger charge is -2.07. The largest absolute Gasteiger partial charge is 0.356 e. The van der Waals surface area contributed by atoms with E-state index in [0.29, 0.717) is 0 Å². The maximum Gasteiger partial charge on any atom is 0.281 e. The first-order valence-corrected chi connectivity index (χ1v) is 2.28. The number of hydrogen-bond acceptors (Lipinski definition) is 2. The second-order valence-electron chi connectivity index (χ2n) is 1.00. The summed E-state index contributed by atoms with van der Waals surface area (Å²) in [6, 6.07) is 0. The van der Waals surface area contributed by atoms with Crippen LogP contribution in [0.3, 0.4) is 0 Å². The van der Waals surface area contributed by atoms with Crippen molar-refractivity contribution in [1.82, 2.24) is 0 Å². The molecular weight excluding hydrogens is 137 g/mol. The quantitative estimate of drug-likeness (QED) is 0.325. The molecule has 4 heteroatoms. The SMILES string of the molecule is [CH]=NOC(C)(Cl)Cl. The second kappa shape index (κ2) is 2.38. The van der Waals surface area contributed by atoms with E-state index in [9.17, 15) is 0 Å². The molecule has 0 amide bonds. The van der Waals surface area contributed by atoms with Crippen LogP contribution in [0, 0.1) is 0 Å². The Morgan fingerprint density at radius 2 is 2.14 bits per heavy atom. The first kappa shape index (κ1) is 7.05. The second-order valence-corrected chi connectivity index (χ2v) is 2.64. The van der Waals surface area contributed by atoms with Crippen LogP contribution in [-0.4, -0.2) is 11.2 Å². The molecule has 0 aromatic carbocycles. The van der Waals surface area contributed by atoms with Crippen LogP contribution in [0.15, 0.2) is 5.16 Å². The fourth-order valence-corrected chi connectivity index (χ4v) is 0.172. The molecule has 0 aromatic rings. The number of nitrogens with zero attached hydrogens (tertiary/aromatic N) is 1. The average Bonchev–Trinajstić information content (AvgIpc) is 1.30. The highest BCUT2D eigenvalue weighted by molar-refractivity contribution is 6.46. The molecule has 0 aliphatic rings. The molecule has 0 spiro atoms. The van der Waals surface area contributed by atoms with Gasteiger partial charge in [0.1, 0.15) is 0 Å². The third-order valence-electron chi connectivity index (χ3n) is 0.213. The molecule has 2 nitrogen and oxygen atoms in total. The minimum Gasteiger partial charge on any atom is -0.356 e. The van der Waals surface area contributed by atoms with Gasteiger partial charge in [-0.05, 0) is 0 Å². The topological polar surface area (TPSA) is 21.6 Å². The zero-order chi connectivity index (χ0) is 5.91. The molecule has 0 aliphatic carbocycles. The van der Waals surface area contributed by atoms with Crippen molar-refractivity contribution >= 4 is 29.9 Å².